The van der Waals surface area contributed by atoms with E-state index in [0.29, 0.717) is 22.6 Å². The zero-order valence-electron chi connectivity index (χ0n) is 19.4. The fraction of sp³-hybridized carbons (Fsp3) is 0.375. The minimum absolute atomic E-state index is 0.0525. The van der Waals surface area contributed by atoms with Crippen LogP contribution in [-0.2, 0) is 4.74 Å². The molecule has 1 amide bonds. The second-order valence-corrected chi connectivity index (χ2v) is 8.52. The molecule has 33 heavy (non-hydrogen) atoms. The minimum atomic E-state index is -0.443. The minimum Gasteiger partial charge on any atom is -0.491 e. The van der Waals surface area contributed by atoms with Crippen molar-refractivity contribution in [2.24, 2.45) is 0 Å². The van der Waals surface area contributed by atoms with Gasteiger partial charge in [-0.15, -0.1) is 0 Å². The second kappa shape index (κ2) is 11.1. The number of anilines is 2. The lowest BCUT2D eigenvalue weighted by Gasteiger charge is -2.35. The maximum absolute atomic E-state index is 12.7. The first-order valence-corrected chi connectivity index (χ1v) is 11.2. The van der Waals surface area contributed by atoms with Crippen molar-refractivity contribution < 1.29 is 19.1 Å². The van der Waals surface area contributed by atoms with Crippen molar-refractivity contribution in [3.63, 3.8) is 0 Å². The summed E-state index contributed by atoms with van der Waals surface area (Å²) in [6, 6.07) is 12.2. The number of hydrogen-bond acceptors (Lipinski definition) is 7. The van der Waals surface area contributed by atoms with E-state index < -0.39 is 5.97 Å². The van der Waals surface area contributed by atoms with E-state index >= 15 is 0 Å². The first-order chi connectivity index (χ1) is 15.8. The van der Waals surface area contributed by atoms with Crippen molar-refractivity contribution in [1.29, 1.82) is 0 Å². The van der Waals surface area contributed by atoms with Crippen molar-refractivity contribution in [3.05, 3.63) is 53.6 Å². The number of amides is 1. The quantitative estimate of drug-likeness (QED) is 0.492. The van der Waals surface area contributed by atoms with E-state index in [1.165, 1.54) is 7.11 Å². The van der Waals surface area contributed by atoms with Crippen molar-refractivity contribution in [2.75, 3.05) is 50.6 Å². The van der Waals surface area contributed by atoms with Gasteiger partial charge in [0.15, 0.2) is 5.11 Å². The molecular formula is C24H30N4O4S. The molecule has 1 fully saturated rings. The lowest BCUT2D eigenvalue weighted by Crippen LogP contribution is -2.45. The summed E-state index contributed by atoms with van der Waals surface area (Å²) in [7, 11) is 3.43. The molecule has 0 aliphatic carbocycles. The molecule has 1 aliphatic heterocycles. The monoisotopic (exact) mass is 470 g/mol. The van der Waals surface area contributed by atoms with Crippen LogP contribution in [0.4, 0.5) is 11.4 Å². The van der Waals surface area contributed by atoms with Gasteiger partial charge in [-0.25, -0.2) is 4.79 Å². The summed E-state index contributed by atoms with van der Waals surface area (Å²) in [4.78, 5) is 29.2. The zero-order valence-corrected chi connectivity index (χ0v) is 20.2. The molecule has 0 unspecified atom stereocenters. The molecule has 2 aromatic carbocycles. The predicted molar refractivity (Wildman–Crippen MR) is 133 cm³/mol. The summed E-state index contributed by atoms with van der Waals surface area (Å²) >= 11 is 5.40. The van der Waals surface area contributed by atoms with Crippen LogP contribution in [0.25, 0.3) is 0 Å². The van der Waals surface area contributed by atoms with Gasteiger partial charge in [-0.1, -0.05) is 0 Å². The highest BCUT2D eigenvalue weighted by atomic mass is 32.1. The number of benzene rings is 2. The topological polar surface area (TPSA) is 83.1 Å². The Labute approximate surface area is 199 Å². The molecule has 9 heteroatoms. The summed E-state index contributed by atoms with van der Waals surface area (Å²) in [5.41, 5.74) is 2.39. The molecule has 2 N–H and O–H groups in total. The fourth-order valence-electron chi connectivity index (χ4n) is 3.49. The smallest absolute Gasteiger partial charge is 0.337 e. The molecule has 3 rings (SSSR count). The molecule has 0 bridgehead atoms. The molecule has 0 spiro atoms. The highest BCUT2D eigenvalue weighted by molar-refractivity contribution is 7.80. The van der Waals surface area contributed by atoms with Crippen LogP contribution in [0.5, 0.6) is 5.75 Å². The zero-order chi connectivity index (χ0) is 24.0. The number of carbonyl (C=O) groups is 2. The van der Waals surface area contributed by atoms with Gasteiger partial charge in [-0.3, -0.25) is 10.1 Å². The summed E-state index contributed by atoms with van der Waals surface area (Å²) in [6.45, 7) is 7.41. The first kappa shape index (κ1) is 24.5. The summed E-state index contributed by atoms with van der Waals surface area (Å²) in [5, 5.41) is 5.93. The van der Waals surface area contributed by atoms with Gasteiger partial charge in [0.25, 0.3) is 5.91 Å². The summed E-state index contributed by atoms with van der Waals surface area (Å²) in [6.07, 6.45) is 0.0525. The van der Waals surface area contributed by atoms with Crippen molar-refractivity contribution in [3.8, 4) is 5.75 Å². The average Bonchev–Trinajstić information content (AvgIpc) is 2.79. The van der Waals surface area contributed by atoms with Gasteiger partial charge in [0, 0.05) is 31.7 Å². The maximum Gasteiger partial charge on any atom is 0.337 e. The molecule has 1 heterocycles. The Morgan fingerprint density at radius 3 is 2.24 bits per heavy atom. The number of nitrogens with one attached hydrogen (secondary N) is 2. The number of thiocarbonyl (C=S) groups is 1. The third kappa shape index (κ3) is 6.66. The number of ether oxygens (including phenoxy) is 2. The van der Waals surface area contributed by atoms with E-state index in [2.05, 4.69) is 27.5 Å². The third-order valence-corrected chi connectivity index (χ3v) is 5.43. The van der Waals surface area contributed by atoms with Gasteiger partial charge in [0.05, 0.1) is 30.2 Å². The van der Waals surface area contributed by atoms with E-state index in [0.717, 1.165) is 31.9 Å². The lowest BCUT2D eigenvalue weighted by atomic mass is 10.1. The van der Waals surface area contributed by atoms with Gasteiger partial charge < -0.3 is 24.6 Å². The lowest BCUT2D eigenvalue weighted by molar-refractivity contribution is 0.0600. The molecule has 0 radical (unpaired) electrons. The molecule has 0 atom stereocenters. The Balaban J connectivity index is 1.74. The standard InChI is InChI=1S/C24H30N4O4S/c1-16(2)32-19-8-5-17(6-9-19)22(29)26-24(33)25-20-15-18(23(30)31-4)7-10-21(20)28-13-11-27(3)12-14-28/h5-10,15-16H,11-14H2,1-4H3,(H2,25,26,29,33). The van der Waals surface area contributed by atoms with E-state index in [4.69, 9.17) is 21.7 Å². The highest BCUT2D eigenvalue weighted by Gasteiger charge is 2.20. The second-order valence-electron chi connectivity index (χ2n) is 8.11. The number of rotatable bonds is 6. The van der Waals surface area contributed by atoms with Gasteiger partial charge in [-0.2, -0.15) is 0 Å². The van der Waals surface area contributed by atoms with Crippen LogP contribution in [0.2, 0.25) is 0 Å². The number of hydrogen-bond donors (Lipinski definition) is 2. The van der Waals surface area contributed by atoms with Gasteiger partial charge >= 0.3 is 5.97 Å². The Morgan fingerprint density at radius 2 is 1.64 bits per heavy atom. The number of piperazine rings is 1. The Bertz CT molecular complexity index is 1000. The maximum atomic E-state index is 12.7. The highest BCUT2D eigenvalue weighted by Crippen LogP contribution is 2.28. The van der Waals surface area contributed by atoms with Crippen molar-refractivity contribution >= 4 is 40.6 Å². The molecule has 1 saturated heterocycles. The normalized spacial score (nSPS) is 14.0. The van der Waals surface area contributed by atoms with E-state index in [-0.39, 0.29) is 17.1 Å². The van der Waals surface area contributed by atoms with Crippen molar-refractivity contribution in [1.82, 2.24) is 10.2 Å². The van der Waals surface area contributed by atoms with E-state index in [1.54, 1.807) is 36.4 Å². The Hall–Kier alpha value is -3.17. The summed E-state index contributed by atoms with van der Waals surface area (Å²) < 4.78 is 10.5. The van der Waals surface area contributed by atoms with Gasteiger partial charge in [0.2, 0.25) is 0 Å². The number of likely N-dealkylation sites (N-methyl/N-ethyl adjacent to an activating group) is 1. The number of carbonyl (C=O) groups excluding carboxylic acids is 2. The van der Waals surface area contributed by atoms with Crippen LogP contribution in [0.1, 0.15) is 34.6 Å². The van der Waals surface area contributed by atoms with Gasteiger partial charge in [0.1, 0.15) is 5.75 Å². The van der Waals surface area contributed by atoms with Crippen LogP contribution in [-0.4, -0.2) is 68.3 Å². The van der Waals surface area contributed by atoms with E-state index in [9.17, 15) is 9.59 Å². The molecular weight excluding hydrogens is 440 g/mol. The third-order valence-electron chi connectivity index (χ3n) is 5.23. The molecule has 0 aromatic heterocycles. The first-order valence-electron chi connectivity index (χ1n) is 10.8. The van der Waals surface area contributed by atoms with Crippen LogP contribution < -0.4 is 20.3 Å². The fourth-order valence-corrected chi connectivity index (χ4v) is 3.69. The molecule has 8 nitrogen and oxygen atoms in total. The Morgan fingerprint density at radius 1 is 1.00 bits per heavy atom. The predicted octanol–water partition coefficient (Wildman–Crippen LogP) is 3.14. The Kier molecular flexibility index (Phi) is 8.24. The largest absolute Gasteiger partial charge is 0.491 e. The molecule has 176 valence electrons. The van der Waals surface area contributed by atoms with Crippen LogP contribution in [0, 0.1) is 0 Å². The molecule has 0 saturated carbocycles. The molecule has 1 aliphatic rings. The summed E-state index contributed by atoms with van der Waals surface area (Å²) in [5.74, 6) is -0.0887. The number of esters is 1. The van der Waals surface area contributed by atoms with Crippen molar-refractivity contribution in [2.45, 2.75) is 20.0 Å². The SMILES string of the molecule is COC(=O)c1ccc(N2CCN(C)CC2)c(NC(=S)NC(=O)c2ccc(OC(C)C)cc2)c1. The van der Waals surface area contributed by atoms with Crippen LogP contribution in [0.3, 0.4) is 0 Å². The van der Waals surface area contributed by atoms with Crippen LogP contribution in [0.15, 0.2) is 42.5 Å². The number of methoxy groups -OCH3 is 1. The van der Waals surface area contributed by atoms with Gasteiger partial charge in [-0.05, 0) is 75.6 Å². The van der Waals surface area contributed by atoms with E-state index in [1.807, 2.05) is 19.9 Å². The van der Waals surface area contributed by atoms with Crippen LogP contribution >= 0.6 is 12.2 Å². The average molecular weight is 471 g/mol. The number of nitrogens with zero attached hydrogens (tertiary/aromatic N) is 2. The molecule has 2 aromatic rings.